The Labute approximate surface area is 150 Å². The lowest BCUT2D eigenvalue weighted by Gasteiger charge is -2.43. The lowest BCUT2D eigenvalue weighted by atomic mass is 9.99. The second-order valence-electron chi connectivity index (χ2n) is 6.94. The molecular weight excluding hydrogens is 340 g/mol. The number of halogens is 2. The van der Waals surface area contributed by atoms with Gasteiger partial charge in [0.25, 0.3) is 5.91 Å². The van der Waals surface area contributed by atoms with Gasteiger partial charge >= 0.3 is 0 Å². The molecule has 0 bridgehead atoms. The number of benzene rings is 1. The van der Waals surface area contributed by atoms with Crippen molar-refractivity contribution in [3.05, 3.63) is 47.3 Å². The van der Waals surface area contributed by atoms with E-state index < -0.39 is 11.6 Å². The highest BCUT2D eigenvalue weighted by Gasteiger charge is 2.32. The van der Waals surface area contributed by atoms with Crippen molar-refractivity contribution in [3.63, 3.8) is 0 Å². The van der Waals surface area contributed by atoms with Crippen molar-refractivity contribution in [3.8, 4) is 0 Å². The van der Waals surface area contributed by atoms with Gasteiger partial charge in [-0.1, -0.05) is 17.7 Å². The Hall–Kier alpha value is -2.35. The highest BCUT2D eigenvalue weighted by molar-refractivity contribution is 5.92. The molecule has 1 aromatic carbocycles. The zero-order valence-electron chi connectivity index (χ0n) is 14.4. The van der Waals surface area contributed by atoms with E-state index in [4.69, 9.17) is 0 Å². The van der Waals surface area contributed by atoms with Crippen LogP contribution < -0.4 is 0 Å². The maximum absolute atomic E-state index is 13.8. The number of hydrogen-bond donors (Lipinski definition) is 0. The molecule has 3 heterocycles. The van der Waals surface area contributed by atoms with Crippen LogP contribution in [0.25, 0.3) is 0 Å². The Morgan fingerprint density at radius 1 is 1.15 bits per heavy atom. The molecule has 0 spiro atoms. The minimum atomic E-state index is -0.637. The first kappa shape index (κ1) is 17.1. The molecule has 1 unspecified atom stereocenters. The molecule has 1 atom stereocenters. The number of nitrogens with zero attached hydrogens (tertiary/aromatic N) is 5. The first-order chi connectivity index (χ1) is 12.6. The van der Waals surface area contributed by atoms with Crippen LogP contribution >= 0.6 is 0 Å². The first-order valence-corrected chi connectivity index (χ1v) is 8.98. The van der Waals surface area contributed by atoms with E-state index in [1.54, 1.807) is 0 Å². The minimum absolute atomic E-state index is 0.0905. The van der Waals surface area contributed by atoms with E-state index >= 15 is 0 Å². The summed E-state index contributed by atoms with van der Waals surface area (Å²) >= 11 is 0. The van der Waals surface area contributed by atoms with Gasteiger partial charge < -0.3 is 4.90 Å². The summed E-state index contributed by atoms with van der Waals surface area (Å²) in [5.41, 5.74) is 0.123. The summed E-state index contributed by atoms with van der Waals surface area (Å²) < 4.78 is 28.8. The fraction of sp³-hybridized carbons (Fsp3) is 0.500. The second-order valence-corrected chi connectivity index (χ2v) is 6.94. The predicted octanol–water partition coefficient (Wildman–Crippen LogP) is 1.91. The van der Waals surface area contributed by atoms with Crippen LogP contribution in [0.3, 0.4) is 0 Å². The second kappa shape index (κ2) is 7.11. The molecule has 2 saturated heterocycles. The Morgan fingerprint density at radius 2 is 1.96 bits per heavy atom. The number of hydrogen-bond acceptors (Lipinski definition) is 4. The molecule has 8 heteroatoms. The Bertz CT molecular complexity index is 788. The number of aromatic nitrogens is 3. The summed E-state index contributed by atoms with van der Waals surface area (Å²) in [7, 11) is 0. The first-order valence-electron chi connectivity index (χ1n) is 8.98. The summed E-state index contributed by atoms with van der Waals surface area (Å²) in [4.78, 5) is 17.0. The van der Waals surface area contributed by atoms with Gasteiger partial charge in [-0.15, -0.1) is 5.10 Å². The molecule has 1 amide bonds. The zero-order valence-corrected chi connectivity index (χ0v) is 14.4. The van der Waals surface area contributed by atoms with Gasteiger partial charge in [0, 0.05) is 31.2 Å². The number of amides is 1. The van der Waals surface area contributed by atoms with Crippen LogP contribution in [-0.4, -0.2) is 62.9 Å². The van der Waals surface area contributed by atoms with Crippen LogP contribution in [0.15, 0.2) is 24.4 Å². The van der Waals surface area contributed by atoms with Gasteiger partial charge in [0.15, 0.2) is 5.69 Å². The summed E-state index contributed by atoms with van der Waals surface area (Å²) in [6, 6.07) is 4.13. The average molecular weight is 361 g/mol. The largest absolute Gasteiger partial charge is 0.334 e. The van der Waals surface area contributed by atoms with Crippen LogP contribution in [0.4, 0.5) is 8.78 Å². The molecule has 2 aliphatic rings. The standard InChI is InChI=1S/C18H21F2N5O/c19-15-5-3-6-16(20)14(15)11-25-12-17(21-22-25)18(26)24-9-8-23-7-2-1-4-13(23)10-24/h3,5-6,12-13H,1-2,4,7-11H2. The van der Waals surface area contributed by atoms with Crippen molar-refractivity contribution < 1.29 is 13.6 Å². The molecule has 138 valence electrons. The van der Waals surface area contributed by atoms with E-state index in [1.165, 1.54) is 41.9 Å². The lowest BCUT2D eigenvalue weighted by molar-refractivity contribution is 0.0368. The quantitative estimate of drug-likeness (QED) is 0.838. The lowest BCUT2D eigenvalue weighted by Crippen LogP contribution is -2.56. The number of piperidine rings is 1. The highest BCUT2D eigenvalue weighted by atomic mass is 19.1. The van der Waals surface area contributed by atoms with Crippen molar-refractivity contribution in [1.29, 1.82) is 0 Å². The number of carbonyl (C=O) groups excluding carboxylic acids is 1. The fourth-order valence-corrected chi connectivity index (χ4v) is 3.82. The molecule has 26 heavy (non-hydrogen) atoms. The van der Waals surface area contributed by atoms with Gasteiger partial charge in [-0.25, -0.2) is 13.5 Å². The monoisotopic (exact) mass is 361 g/mol. The van der Waals surface area contributed by atoms with Crippen molar-refractivity contribution >= 4 is 5.91 Å². The Morgan fingerprint density at radius 3 is 2.77 bits per heavy atom. The molecule has 0 radical (unpaired) electrons. The summed E-state index contributed by atoms with van der Waals surface area (Å²) in [5.74, 6) is -1.45. The summed E-state index contributed by atoms with van der Waals surface area (Å²) in [5, 5.41) is 7.78. The third kappa shape index (κ3) is 3.33. The molecule has 0 saturated carbocycles. The van der Waals surface area contributed by atoms with Crippen molar-refractivity contribution in [2.75, 3.05) is 26.2 Å². The maximum Gasteiger partial charge on any atom is 0.276 e. The number of piperazine rings is 1. The predicted molar refractivity (Wildman–Crippen MR) is 90.6 cm³/mol. The fourth-order valence-electron chi connectivity index (χ4n) is 3.82. The molecule has 0 aliphatic carbocycles. The van der Waals surface area contributed by atoms with E-state index in [-0.39, 0.29) is 23.7 Å². The van der Waals surface area contributed by atoms with E-state index in [2.05, 4.69) is 15.2 Å². The van der Waals surface area contributed by atoms with Gasteiger partial charge in [-0.2, -0.15) is 0 Å². The maximum atomic E-state index is 13.8. The van der Waals surface area contributed by atoms with E-state index in [9.17, 15) is 13.6 Å². The Kier molecular flexibility index (Phi) is 4.67. The van der Waals surface area contributed by atoms with Gasteiger partial charge in [-0.05, 0) is 31.5 Å². The Balaban J connectivity index is 1.45. The molecular formula is C18H21F2N5O. The normalized spacial score (nSPS) is 20.8. The molecule has 4 rings (SSSR count). The van der Waals surface area contributed by atoms with Crippen LogP contribution in [-0.2, 0) is 6.54 Å². The molecule has 2 fully saturated rings. The zero-order chi connectivity index (χ0) is 18.1. The summed E-state index contributed by atoms with van der Waals surface area (Å²) in [6.07, 6.45) is 5.00. The molecule has 0 N–H and O–H groups in total. The van der Waals surface area contributed by atoms with Crippen molar-refractivity contribution in [1.82, 2.24) is 24.8 Å². The SMILES string of the molecule is O=C(c1cn(Cc2c(F)cccc2F)nn1)N1CCN2CCCCC2C1. The van der Waals surface area contributed by atoms with Crippen LogP contribution in [0.2, 0.25) is 0 Å². The topological polar surface area (TPSA) is 54.3 Å². The molecule has 6 nitrogen and oxygen atoms in total. The number of carbonyl (C=O) groups is 1. The highest BCUT2D eigenvalue weighted by Crippen LogP contribution is 2.22. The van der Waals surface area contributed by atoms with Crippen LogP contribution in [0.1, 0.15) is 35.3 Å². The number of rotatable bonds is 3. The van der Waals surface area contributed by atoms with Gasteiger partial charge in [0.1, 0.15) is 11.6 Å². The van der Waals surface area contributed by atoms with Gasteiger partial charge in [0.05, 0.1) is 12.7 Å². The third-order valence-electron chi connectivity index (χ3n) is 5.26. The third-order valence-corrected chi connectivity index (χ3v) is 5.26. The average Bonchev–Trinajstić information content (AvgIpc) is 3.12. The molecule has 2 aliphatic heterocycles. The smallest absolute Gasteiger partial charge is 0.276 e. The van der Waals surface area contributed by atoms with Gasteiger partial charge in [-0.3, -0.25) is 9.69 Å². The minimum Gasteiger partial charge on any atom is -0.334 e. The van der Waals surface area contributed by atoms with E-state index in [0.717, 1.165) is 19.5 Å². The molecule has 2 aromatic rings. The van der Waals surface area contributed by atoms with Crippen molar-refractivity contribution in [2.45, 2.75) is 31.8 Å². The number of fused-ring (bicyclic) bond motifs is 1. The van der Waals surface area contributed by atoms with E-state index in [1.807, 2.05) is 4.90 Å². The van der Waals surface area contributed by atoms with Crippen LogP contribution in [0.5, 0.6) is 0 Å². The van der Waals surface area contributed by atoms with Crippen molar-refractivity contribution in [2.24, 2.45) is 0 Å². The van der Waals surface area contributed by atoms with Crippen LogP contribution in [0, 0.1) is 11.6 Å². The van der Waals surface area contributed by atoms with Gasteiger partial charge in [0.2, 0.25) is 0 Å². The summed E-state index contributed by atoms with van der Waals surface area (Å²) in [6.45, 7) is 3.26. The molecule has 1 aromatic heterocycles. The van der Waals surface area contributed by atoms with E-state index in [0.29, 0.717) is 19.1 Å².